The Balaban J connectivity index is 1.96. The Kier molecular flexibility index (Phi) is 4.41. The monoisotopic (exact) mass is 261 g/mol. The molecule has 0 aliphatic carbocycles. The van der Waals surface area contributed by atoms with E-state index in [0.717, 1.165) is 16.5 Å². The molecule has 1 aromatic carbocycles. The number of aromatic nitrogens is 2. The second-order valence-electron chi connectivity index (χ2n) is 3.61. The van der Waals surface area contributed by atoms with E-state index in [4.69, 9.17) is 10.5 Å². The van der Waals surface area contributed by atoms with Crippen molar-refractivity contribution in [3.63, 3.8) is 0 Å². The summed E-state index contributed by atoms with van der Waals surface area (Å²) >= 11 is 1.58. The van der Waals surface area contributed by atoms with Gasteiger partial charge in [0.1, 0.15) is 10.8 Å². The molecule has 0 amide bonds. The van der Waals surface area contributed by atoms with Gasteiger partial charge in [-0.2, -0.15) is 0 Å². The smallest absolute Gasteiger partial charge is 0.156 e. The molecular weight excluding hydrogens is 246 g/mol. The van der Waals surface area contributed by atoms with Crippen LogP contribution in [0.5, 0.6) is 5.75 Å². The number of nitrogens with zero attached hydrogens (tertiary/aromatic N) is 2. The molecular formula is C13H15N3OS. The third-order valence-electron chi connectivity index (χ3n) is 2.30. The summed E-state index contributed by atoms with van der Waals surface area (Å²) in [5.41, 5.74) is 6.94. The van der Waals surface area contributed by atoms with E-state index in [1.807, 2.05) is 31.2 Å². The quantitative estimate of drug-likeness (QED) is 0.839. The maximum atomic E-state index is 5.73. The lowest BCUT2D eigenvalue weighted by molar-refractivity contribution is 0.340. The second kappa shape index (κ2) is 6.26. The van der Waals surface area contributed by atoms with Crippen molar-refractivity contribution in [1.29, 1.82) is 0 Å². The first-order chi connectivity index (χ1) is 8.79. The fourth-order valence-corrected chi connectivity index (χ4v) is 2.28. The van der Waals surface area contributed by atoms with E-state index in [0.29, 0.717) is 12.4 Å². The van der Waals surface area contributed by atoms with E-state index in [2.05, 4.69) is 9.97 Å². The van der Waals surface area contributed by atoms with Crippen LogP contribution in [-0.4, -0.2) is 16.6 Å². The molecule has 0 saturated heterocycles. The molecule has 2 aromatic rings. The zero-order valence-corrected chi connectivity index (χ0v) is 11.0. The normalized spacial score (nSPS) is 10.3. The zero-order valence-electron chi connectivity index (χ0n) is 10.2. The van der Waals surface area contributed by atoms with Gasteiger partial charge in [0.15, 0.2) is 5.82 Å². The Labute approximate surface area is 111 Å². The Morgan fingerprint density at radius 2 is 1.89 bits per heavy atom. The molecule has 1 aromatic heterocycles. The van der Waals surface area contributed by atoms with Gasteiger partial charge in [-0.25, -0.2) is 9.97 Å². The number of nitrogens with two attached hydrogens (primary N) is 1. The van der Waals surface area contributed by atoms with Gasteiger partial charge in [-0.1, -0.05) is 23.9 Å². The first-order valence-corrected chi connectivity index (χ1v) is 6.69. The average Bonchev–Trinajstić information content (AvgIpc) is 2.40. The summed E-state index contributed by atoms with van der Waals surface area (Å²) in [5.74, 6) is 2.19. The van der Waals surface area contributed by atoms with Crippen molar-refractivity contribution in [1.82, 2.24) is 9.97 Å². The third-order valence-corrected chi connectivity index (χ3v) is 3.37. The lowest BCUT2D eigenvalue weighted by Gasteiger charge is -2.05. The lowest BCUT2D eigenvalue weighted by Crippen LogP contribution is -1.95. The highest BCUT2D eigenvalue weighted by Crippen LogP contribution is 2.24. The second-order valence-corrected chi connectivity index (χ2v) is 4.58. The van der Waals surface area contributed by atoms with Crippen LogP contribution in [0.15, 0.2) is 41.7 Å². The number of hydrogen-bond acceptors (Lipinski definition) is 5. The van der Waals surface area contributed by atoms with Crippen LogP contribution in [0.4, 0.5) is 5.82 Å². The lowest BCUT2D eigenvalue weighted by atomic mass is 10.2. The van der Waals surface area contributed by atoms with Crippen molar-refractivity contribution in [2.24, 2.45) is 0 Å². The van der Waals surface area contributed by atoms with E-state index in [-0.39, 0.29) is 0 Å². The molecule has 0 radical (unpaired) electrons. The van der Waals surface area contributed by atoms with Gasteiger partial charge in [-0.3, -0.25) is 0 Å². The van der Waals surface area contributed by atoms with Gasteiger partial charge in [0.2, 0.25) is 0 Å². The van der Waals surface area contributed by atoms with Gasteiger partial charge in [-0.05, 0) is 24.6 Å². The minimum atomic E-state index is 0.480. The molecule has 0 fully saturated rings. The fraction of sp³-hybridized carbons (Fsp3) is 0.231. The molecule has 2 rings (SSSR count). The van der Waals surface area contributed by atoms with Gasteiger partial charge in [0.25, 0.3) is 0 Å². The molecule has 18 heavy (non-hydrogen) atoms. The highest BCUT2D eigenvalue weighted by atomic mass is 32.2. The molecule has 2 N–H and O–H groups in total. The van der Waals surface area contributed by atoms with E-state index in [1.54, 1.807) is 24.2 Å². The summed E-state index contributed by atoms with van der Waals surface area (Å²) in [5, 5.41) is 0.770. The van der Waals surface area contributed by atoms with E-state index >= 15 is 0 Å². The minimum Gasteiger partial charge on any atom is -0.494 e. The van der Waals surface area contributed by atoms with Crippen LogP contribution in [0.25, 0.3) is 0 Å². The van der Waals surface area contributed by atoms with Crippen LogP contribution in [-0.2, 0) is 5.75 Å². The molecule has 5 heteroatoms. The van der Waals surface area contributed by atoms with Crippen molar-refractivity contribution < 1.29 is 4.74 Å². The van der Waals surface area contributed by atoms with E-state index in [9.17, 15) is 0 Å². The zero-order chi connectivity index (χ0) is 12.8. The number of rotatable bonds is 5. The number of nitrogen functional groups attached to an aromatic ring is 1. The fourth-order valence-electron chi connectivity index (χ4n) is 1.45. The van der Waals surface area contributed by atoms with Gasteiger partial charge in [0, 0.05) is 18.1 Å². The van der Waals surface area contributed by atoms with Crippen molar-refractivity contribution >= 4 is 17.6 Å². The molecule has 4 nitrogen and oxygen atoms in total. The largest absolute Gasteiger partial charge is 0.494 e. The highest BCUT2D eigenvalue weighted by Gasteiger charge is 2.02. The standard InChI is InChI=1S/C13H15N3OS/c1-2-17-11-5-3-10(4-6-11)9-18-13-12(14)15-7-8-16-13/h3-8H,2,9H2,1H3,(H2,14,15). The summed E-state index contributed by atoms with van der Waals surface area (Å²) in [6, 6.07) is 8.04. The molecule has 0 atom stereocenters. The molecule has 0 saturated carbocycles. The number of hydrogen-bond donors (Lipinski definition) is 1. The van der Waals surface area contributed by atoms with Crippen LogP contribution in [0, 0.1) is 0 Å². The number of thioether (sulfide) groups is 1. The van der Waals surface area contributed by atoms with E-state index < -0.39 is 0 Å². The van der Waals surface area contributed by atoms with Crippen molar-refractivity contribution in [2.45, 2.75) is 17.7 Å². The topological polar surface area (TPSA) is 61.0 Å². The summed E-state index contributed by atoms with van der Waals surface area (Å²) in [6.07, 6.45) is 3.24. The van der Waals surface area contributed by atoms with E-state index in [1.165, 1.54) is 5.56 Å². The molecule has 0 bridgehead atoms. The average molecular weight is 261 g/mol. The van der Waals surface area contributed by atoms with Crippen molar-refractivity contribution in [3.8, 4) is 5.75 Å². The number of ether oxygens (including phenoxy) is 1. The van der Waals surface area contributed by atoms with Gasteiger partial charge < -0.3 is 10.5 Å². The first kappa shape index (κ1) is 12.7. The number of anilines is 1. The van der Waals surface area contributed by atoms with Crippen molar-refractivity contribution in [3.05, 3.63) is 42.2 Å². The molecule has 94 valence electrons. The first-order valence-electron chi connectivity index (χ1n) is 5.70. The Morgan fingerprint density at radius 1 is 1.17 bits per heavy atom. The Morgan fingerprint density at radius 3 is 2.56 bits per heavy atom. The van der Waals surface area contributed by atoms with Crippen LogP contribution in [0.3, 0.4) is 0 Å². The summed E-state index contributed by atoms with van der Waals surface area (Å²) in [4.78, 5) is 8.20. The maximum Gasteiger partial charge on any atom is 0.156 e. The molecule has 1 heterocycles. The molecule has 0 unspecified atom stereocenters. The summed E-state index contributed by atoms with van der Waals surface area (Å²) < 4.78 is 5.39. The Bertz CT molecular complexity index is 502. The predicted molar refractivity (Wildman–Crippen MR) is 73.6 cm³/mol. The minimum absolute atomic E-state index is 0.480. The molecule has 0 spiro atoms. The maximum absolute atomic E-state index is 5.73. The van der Waals surface area contributed by atoms with Crippen LogP contribution in [0.1, 0.15) is 12.5 Å². The summed E-state index contributed by atoms with van der Waals surface area (Å²) in [7, 11) is 0. The predicted octanol–water partition coefficient (Wildman–Crippen LogP) is 2.75. The van der Waals surface area contributed by atoms with Crippen molar-refractivity contribution in [2.75, 3.05) is 12.3 Å². The van der Waals surface area contributed by atoms with Gasteiger partial charge in [-0.15, -0.1) is 0 Å². The Hall–Kier alpha value is -1.75. The molecule has 0 aliphatic rings. The molecule has 0 aliphatic heterocycles. The van der Waals surface area contributed by atoms with Crippen LogP contribution >= 0.6 is 11.8 Å². The summed E-state index contributed by atoms with van der Waals surface area (Å²) in [6.45, 7) is 2.66. The SMILES string of the molecule is CCOc1ccc(CSc2nccnc2N)cc1. The highest BCUT2D eigenvalue weighted by molar-refractivity contribution is 7.98. The van der Waals surface area contributed by atoms with Crippen LogP contribution in [0.2, 0.25) is 0 Å². The number of benzene rings is 1. The van der Waals surface area contributed by atoms with Gasteiger partial charge >= 0.3 is 0 Å². The van der Waals surface area contributed by atoms with Gasteiger partial charge in [0.05, 0.1) is 6.61 Å². The third kappa shape index (κ3) is 3.37. The van der Waals surface area contributed by atoms with Crippen LogP contribution < -0.4 is 10.5 Å².